The van der Waals surface area contributed by atoms with E-state index in [-0.39, 0.29) is 5.97 Å². The van der Waals surface area contributed by atoms with Gasteiger partial charge >= 0.3 is 5.97 Å². The highest BCUT2D eigenvalue weighted by molar-refractivity contribution is 5.89. The van der Waals surface area contributed by atoms with Crippen LogP contribution in [0.25, 0.3) is 0 Å². The number of rotatable bonds is 9. The van der Waals surface area contributed by atoms with Crippen molar-refractivity contribution in [1.29, 1.82) is 0 Å². The molecule has 0 aliphatic rings. The Bertz CT molecular complexity index is 699. The van der Waals surface area contributed by atoms with Crippen molar-refractivity contribution in [2.75, 3.05) is 35.0 Å². The highest BCUT2D eigenvalue weighted by Gasteiger charge is 2.13. The van der Waals surface area contributed by atoms with Crippen LogP contribution in [0.4, 0.5) is 0 Å². The molecule has 0 N–H and O–H groups in total. The molecule has 0 bridgehead atoms. The molecule has 0 radical (unpaired) electrons. The van der Waals surface area contributed by atoms with Crippen molar-refractivity contribution in [3.8, 4) is 23.0 Å². The number of carbonyl (C=O) groups excluding carboxylic acids is 1. The highest BCUT2D eigenvalue weighted by atomic mass is 16.5. The first-order chi connectivity index (χ1) is 12.6. The Hall–Kier alpha value is -2.89. The number of aryl methyl sites for hydroxylation is 1. The van der Waals surface area contributed by atoms with Gasteiger partial charge in [-0.25, -0.2) is 4.79 Å². The Labute approximate surface area is 153 Å². The Morgan fingerprint density at radius 1 is 0.885 bits per heavy atom. The molecule has 0 heterocycles. The maximum absolute atomic E-state index is 11.4. The first-order valence-corrected chi connectivity index (χ1v) is 8.23. The summed E-state index contributed by atoms with van der Waals surface area (Å²) in [5.74, 6) is 2.21. The van der Waals surface area contributed by atoms with Gasteiger partial charge in [-0.15, -0.1) is 0 Å². The molecule has 0 saturated carbocycles. The van der Waals surface area contributed by atoms with Gasteiger partial charge in [0.2, 0.25) is 5.75 Å². The molecule has 0 spiro atoms. The Morgan fingerprint density at radius 2 is 1.50 bits per heavy atom. The van der Waals surface area contributed by atoms with Crippen molar-refractivity contribution >= 4 is 5.97 Å². The quantitative estimate of drug-likeness (QED) is 0.504. The van der Waals surface area contributed by atoms with Gasteiger partial charge in [-0.3, -0.25) is 0 Å². The normalized spacial score (nSPS) is 10.2. The summed E-state index contributed by atoms with van der Waals surface area (Å²) in [6.45, 7) is 0.550. The van der Waals surface area contributed by atoms with Gasteiger partial charge in [0.1, 0.15) is 5.75 Å². The Morgan fingerprint density at radius 3 is 2.00 bits per heavy atom. The molecule has 0 aromatic heterocycles. The molecule has 6 heteroatoms. The summed E-state index contributed by atoms with van der Waals surface area (Å²) in [6, 6.07) is 10.7. The number of carbonyl (C=O) groups is 1. The van der Waals surface area contributed by atoms with Crippen LogP contribution in [0.15, 0.2) is 36.4 Å². The molecular weight excluding hydrogens is 336 g/mol. The second-order valence-corrected chi connectivity index (χ2v) is 5.50. The number of esters is 1. The van der Waals surface area contributed by atoms with Crippen molar-refractivity contribution in [1.82, 2.24) is 0 Å². The maximum atomic E-state index is 11.4. The number of hydrogen-bond acceptors (Lipinski definition) is 6. The van der Waals surface area contributed by atoms with E-state index in [4.69, 9.17) is 18.9 Å². The summed E-state index contributed by atoms with van der Waals surface area (Å²) >= 11 is 0. The monoisotopic (exact) mass is 360 g/mol. The fourth-order valence-corrected chi connectivity index (χ4v) is 2.55. The standard InChI is InChI=1S/C20H24O6/c1-22-17-12-14(13-18(23-2)19(17)24-3)6-5-11-26-16-9-7-15(8-10-16)20(21)25-4/h7-10,12-13H,5-6,11H2,1-4H3. The number of ether oxygens (including phenoxy) is 5. The zero-order valence-corrected chi connectivity index (χ0v) is 15.5. The largest absolute Gasteiger partial charge is 0.494 e. The van der Waals surface area contributed by atoms with E-state index in [0.717, 1.165) is 18.4 Å². The molecule has 140 valence electrons. The molecular formula is C20H24O6. The third-order valence-electron chi connectivity index (χ3n) is 3.88. The van der Waals surface area contributed by atoms with Crippen LogP contribution in [-0.2, 0) is 11.2 Å². The molecule has 2 aromatic carbocycles. The van der Waals surface area contributed by atoms with Crippen LogP contribution in [0.5, 0.6) is 23.0 Å². The topological polar surface area (TPSA) is 63.2 Å². The molecule has 0 aliphatic carbocycles. The van der Waals surface area contributed by atoms with Crippen molar-refractivity contribution in [3.63, 3.8) is 0 Å². The van der Waals surface area contributed by atoms with Crippen molar-refractivity contribution in [3.05, 3.63) is 47.5 Å². The number of methoxy groups -OCH3 is 4. The fourth-order valence-electron chi connectivity index (χ4n) is 2.55. The zero-order chi connectivity index (χ0) is 18.9. The molecule has 2 aromatic rings. The Balaban J connectivity index is 1.90. The van der Waals surface area contributed by atoms with Crippen molar-refractivity contribution < 1.29 is 28.5 Å². The fraction of sp³-hybridized carbons (Fsp3) is 0.350. The average Bonchev–Trinajstić information content (AvgIpc) is 2.70. The first-order valence-electron chi connectivity index (χ1n) is 8.23. The van der Waals surface area contributed by atoms with E-state index in [9.17, 15) is 4.79 Å². The minimum absolute atomic E-state index is 0.362. The first kappa shape index (κ1) is 19.4. The van der Waals surface area contributed by atoms with Gasteiger partial charge in [0.05, 0.1) is 40.6 Å². The minimum atomic E-state index is -0.362. The molecule has 0 fully saturated rings. The third-order valence-corrected chi connectivity index (χ3v) is 3.88. The summed E-state index contributed by atoms with van der Waals surface area (Å²) in [7, 11) is 6.14. The van der Waals surface area contributed by atoms with Gasteiger partial charge in [-0.05, 0) is 54.8 Å². The lowest BCUT2D eigenvalue weighted by Gasteiger charge is -2.14. The van der Waals surface area contributed by atoms with Gasteiger partial charge < -0.3 is 23.7 Å². The lowest BCUT2D eigenvalue weighted by atomic mass is 10.1. The SMILES string of the molecule is COC(=O)c1ccc(OCCCc2cc(OC)c(OC)c(OC)c2)cc1. The van der Waals surface area contributed by atoms with E-state index < -0.39 is 0 Å². The number of benzene rings is 2. The average molecular weight is 360 g/mol. The lowest BCUT2D eigenvalue weighted by Crippen LogP contribution is -2.03. The van der Waals surface area contributed by atoms with Crippen LogP contribution < -0.4 is 18.9 Å². The van der Waals surface area contributed by atoms with Crippen molar-refractivity contribution in [2.45, 2.75) is 12.8 Å². The predicted octanol–water partition coefficient (Wildman–Crippen LogP) is 3.51. The second-order valence-electron chi connectivity index (χ2n) is 5.50. The van der Waals surface area contributed by atoms with Crippen LogP contribution in [0.3, 0.4) is 0 Å². The van der Waals surface area contributed by atoms with E-state index in [0.29, 0.717) is 35.2 Å². The van der Waals surface area contributed by atoms with Gasteiger partial charge in [0.15, 0.2) is 11.5 Å². The van der Waals surface area contributed by atoms with Crippen LogP contribution in [0.1, 0.15) is 22.3 Å². The predicted molar refractivity (Wildman–Crippen MR) is 97.7 cm³/mol. The summed E-state index contributed by atoms with van der Waals surface area (Å²) in [6.07, 6.45) is 1.62. The molecule has 6 nitrogen and oxygen atoms in total. The van der Waals surface area contributed by atoms with Crippen molar-refractivity contribution in [2.24, 2.45) is 0 Å². The second kappa shape index (κ2) is 9.56. The smallest absolute Gasteiger partial charge is 0.337 e. The molecule has 0 saturated heterocycles. The zero-order valence-electron chi connectivity index (χ0n) is 15.5. The summed E-state index contributed by atoms with van der Waals surface area (Å²) in [4.78, 5) is 11.4. The van der Waals surface area contributed by atoms with E-state index >= 15 is 0 Å². The highest BCUT2D eigenvalue weighted by Crippen LogP contribution is 2.38. The summed E-state index contributed by atoms with van der Waals surface area (Å²) in [5.41, 5.74) is 1.57. The molecule has 26 heavy (non-hydrogen) atoms. The Kier molecular flexibility index (Phi) is 7.14. The molecule has 0 unspecified atom stereocenters. The molecule has 0 aliphatic heterocycles. The van der Waals surface area contributed by atoms with E-state index in [1.165, 1.54) is 7.11 Å². The van der Waals surface area contributed by atoms with Crippen LogP contribution >= 0.6 is 0 Å². The molecule has 0 amide bonds. The van der Waals surface area contributed by atoms with Gasteiger partial charge in [0.25, 0.3) is 0 Å². The lowest BCUT2D eigenvalue weighted by molar-refractivity contribution is 0.0600. The summed E-state index contributed by atoms with van der Waals surface area (Å²) in [5, 5.41) is 0. The van der Waals surface area contributed by atoms with E-state index in [1.807, 2.05) is 12.1 Å². The molecule has 0 atom stereocenters. The third kappa shape index (κ3) is 4.81. The van der Waals surface area contributed by atoms with Gasteiger partial charge in [-0.1, -0.05) is 0 Å². The molecule has 2 rings (SSSR count). The summed E-state index contributed by atoms with van der Waals surface area (Å²) < 4.78 is 26.4. The van der Waals surface area contributed by atoms with E-state index in [2.05, 4.69) is 4.74 Å². The van der Waals surface area contributed by atoms with Gasteiger partial charge in [0, 0.05) is 0 Å². The minimum Gasteiger partial charge on any atom is -0.494 e. The maximum Gasteiger partial charge on any atom is 0.337 e. The van der Waals surface area contributed by atoms with Gasteiger partial charge in [-0.2, -0.15) is 0 Å². The number of hydrogen-bond donors (Lipinski definition) is 0. The van der Waals surface area contributed by atoms with E-state index in [1.54, 1.807) is 45.6 Å². The van der Waals surface area contributed by atoms with Crippen LogP contribution in [-0.4, -0.2) is 41.0 Å². The van der Waals surface area contributed by atoms with Crippen LogP contribution in [0.2, 0.25) is 0 Å². The van der Waals surface area contributed by atoms with Crippen LogP contribution in [0, 0.1) is 0 Å².